The summed E-state index contributed by atoms with van der Waals surface area (Å²) in [5, 5.41) is 23.7. The van der Waals surface area contributed by atoms with Crippen LogP contribution in [0.4, 0.5) is 0 Å². The summed E-state index contributed by atoms with van der Waals surface area (Å²) >= 11 is 1.52. The Labute approximate surface area is 206 Å². The van der Waals surface area contributed by atoms with E-state index in [4.69, 9.17) is 10.5 Å². The second-order valence-corrected chi connectivity index (χ2v) is 11.9. The molecular formula is C22H29N7O5S. The van der Waals surface area contributed by atoms with E-state index < -0.39 is 40.2 Å². The Balaban J connectivity index is 1.47. The molecule has 13 heteroatoms. The van der Waals surface area contributed by atoms with Gasteiger partial charge >= 0.3 is 5.97 Å². The number of β-lactam (4-membered cyclic amide) rings is 1. The second-order valence-electron chi connectivity index (χ2n) is 10.2. The summed E-state index contributed by atoms with van der Waals surface area (Å²) < 4.78 is 6.25. The lowest BCUT2D eigenvalue weighted by atomic mass is 9.95. The van der Waals surface area contributed by atoms with Crippen LogP contribution in [0.2, 0.25) is 0 Å². The molecule has 0 saturated carbocycles. The third-order valence-electron chi connectivity index (χ3n) is 6.01. The minimum atomic E-state index is -0.988. The number of nitrogens with one attached hydrogen (secondary N) is 1. The van der Waals surface area contributed by atoms with Gasteiger partial charge in [-0.3, -0.25) is 14.4 Å². The summed E-state index contributed by atoms with van der Waals surface area (Å²) in [4.78, 5) is 39.7. The van der Waals surface area contributed by atoms with Crippen molar-refractivity contribution in [2.45, 2.75) is 69.6 Å². The molecule has 3 unspecified atom stereocenters. The number of carbonyl (C=O) groups is 3. The molecule has 12 nitrogen and oxygen atoms in total. The number of phenols is 1. The van der Waals surface area contributed by atoms with Crippen molar-refractivity contribution >= 4 is 29.5 Å². The molecule has 35 heavy (non-hydrogen) atoms. The van der Waals surface area contributed by atoms with Crippen LogP contribution in [-0.4, -0.2) is 64.2 Å². The number of nitrogens with two attached hydrogens (primary N) is 1. The van der Waals surface area contributed by atoms with E-state index in [1.165, 1.54) is 28.6 Å². The molecule has 1 aromatic heterocycles. The van der Waals surface area contributed by atoms with Crippen molar-refractivity contribution in [1.29, 1.82) is 0 Å². The number of hydrogen-bond donors (Lipinski definition) is 3. The highest BCUT2D eigenvalue weighted by atomic mass is 32.2. The minimum absolute atomic E-state index is 0.0670. The van der Waals surface area contributed by atoms with Crippen LogP contribution in [0.3, 0.4) is 0 Å². The maximum Gasteiger partial charge on any atom is 0.313 e. The molecular weight excluding hydrogens is 474 g/mol. The smallest absolute Gasteiger partial charge is 0.313 e. The van der Waals surface area contributed by atoms with Crippen molar-refractivity contribution in [2.24, 2.45) is 11.1 Å². The monoisotopic (exact) mass is 503 g/mol. The van der Waals surface area contributed by atoms with Gasteiger partial charge in [-0.25, -0.2) is 0 Å². The molecule has 2 aliphatic heterocycles. The average Bonchev–Trinajstić information content (AvgIpc) is 3.34. The van der Waals surface area contributed by atoms with Gasteiger partial charge in [0.05, 0.1) is 5.41 Å². The summed E-state index contributed by atoms with van der Waals surface area (Å²) in [6, 6.07) is 3.78. The summed E-state index contributed by atoms with van der Waals surface area (Å²) in [7, 11) is 0. The third kappa shape index (κ3) is 4.57. The van der Waals surface area contributed by atoms with E-state index in [1.807, 2.05) is 13.8 Å². The van der Waals surface area contributed by atoms with Crippen molar-refractivity contribution in [3.05, 3.63) is 35.7 Å². The van der Waals surface area contributed by atoms with Gasteiger partial charge in [0, 0.05) is 4.75 Å². The van der Waals surface area contributed by atoms with E-state index in [-0.39, 0.29) is 23.8 Å². The van der Waals surface area contributed by atoms with Gasteiger partial charge in [0.2, 0.25) is 11.8 Å². The van der Waals surface area contributed by atoms with E-state index in [1.54, 1.807) is 37.8 Å². The lowest BCUT2D eigenvalue weighted by Gasteiger charge is -2.44. The van der Waals surface area contributed by atoms with Crippen molar-refractivity contribution < 1.29 is 24.2 Å². The van der Waals surface area contributed by atoms with Crippen LogP contribution in [0.1, 0.15) is 58.1 Å². The molecule has 2 fully saturated rings. The number of amides is 2. The standard InChI is InChI=1S/C22H29N7O5S/c1-21(2,3)20(33)34-10-28-16(25-26-27-28)15-22(4,5)35-19-14(18(32)29(15)19)24-17(31)13(23)11-6-8-12(30)9-7-11/h6-9,13-15,19,30H,10,23H2,1-5H3,(H,24,31)/t13?,14?,15?,19-/m0/s1. The fourth-order valence-corrected chi connectivity index (χ4v) is 5.71. The fourth-order valence-electron chi connectivity index (χ4n) is 4.08. The SMILES string of the molecule is CC(C)(C)C(=O)OCn1nnnc1C1N2C(=O)C(NC(=O)C(N)c3ccc(O)cc3)[C@@H]2SC1(C)C. The van der Waals surface area contributed by atoms with E-state index in [0.717, 1.165) is 0 Å². The molecule has 4 atom stereocenters. The van der Waals surface area contributed by atoms with Gasteiger partial charge in [0.15, 0.2) is 12.6 Å². The van der Waals surface area contributed by atoms with Crippen molar-refractivity contribution in [1.82, 2.24) is 30.4 Å². The number of carbonyl (C=O) groups excluding carboxylic acids is 3. The maximum absolute atomic E-state index is 13.1. The lowest BCUT2D eigenvalue weighted by molar-refractivity contribution is -0.158. The van der Waals surface area contributed by atoms with Crippen LogP contribution in [0.5, 0.6) is 5.75 Å². The van der Waals surface area contributed by atoms with E-state index >= 15 is 0 Å². The Morgan fingerprint density at radius 1 is 1.29 bits per heavy atom. The average molecular weight is 504 g/mol. The number of hydrogen-bond acceptors (Lipinski definition) is 10. The third-order valence-corrected chi connectivity index (χ3v) is 7.58. The molecule has 3 heterocycles. The molecule has 1 aromatic carbocycles. The van der Waals surface area contributed by atoms with E-state index in [2.05, 4.69) is 20.8 Å². The summed E-state index contributed by atoms with van der Waals surface area (Å²) in [6.45, 7) is 9.00. The summed E-state index contributed by atoms with van der Waals surface area (Å²) in [6.07, 6.45) is 0. The quantitative estimate of drug-likeness (QED) is 0.380. The Hall–Kier alpha value is -3.19. The molecule has 2 amide bonds. The highest BCUT2D eigenvalue weighted by molar-refractivity contribution is 8.01. The number of ether oxygens (including phenoxy) is 1. The zero-order valence-electron chi connectivity index (χ0n) is 20.1. The van der Waals surface area contributed by atoms with Crippen LogP contribution >= 0.6 is 11.8 Å². The van der Waals surface area contributed by atoms with Gasteiger partial charge in [0.25, 0.3) is 0 Å². The molecule has 2 aromatic rings. The highest BCUT2D eigenvalue weighted by Gasteiger charge is 2.63. The zero-order chi connectivity index (χ0) is 25.7. The number of aromatic hydroxyl groups is 1. The Kier molecular flexibility index (Phi) is 6.26. The molecule has 2 saturated heterocycles. The van der Waals surface area contributed by atoms with Gasteiger partial charge < -0.3 is 25.8 Å². The molecule has 4 N–H and O–H groups in total. The minimum Gasteiger partial charge on any atom is -0.508 e. The van der Waals surface area contributed by atoms with Crippen LogP contribution in [0.25, 0.3) is 0 Å². The molecule has 0 bridgehead atoms. The first-order valence-corrected chi connectivity index (χ1v) is 12.0. The molecule has 4 rings (SSSR count). The molecule has 0 aliphatic carbocycles. The van der Waals surface area contributed by atoms with Gasteiger partial charge in [-0.15, -0.1) is 16.9 Å². The first-order chi connectivity index (χ1) is 16.3. The Bertz CT molecular complexity index is 1140. The summed E-state index contributed by atoms with van der Waals surface area (Å²) in [5.74, 6) is -0.701. The Morgan fingerprint density at radius 3 is 2.57 bits per heavy atom. The van der Waals surface area contributed by atoms with Gasteiger partial charge in [0.1, 0.15) is 29.2 Å². The van der Waals surface area contributed by atoms with Gasteiger partial charge in [-0.1, -0.05) is 12.1 Å². The highest BCUT2D eigenvalue weighted by Crippen LogP contribution is 2.56. The van der Waals surface area contributed by atoms with Crippen LogP contribution < -0.4 is 11.1 Å². The predicted molar refractivity (Wildman–Crippen MR) is 125 cm³/mol. The van der Waals surface area contributed by atoms with Crippen molar-refractivity contribution in [2.75, 3.05) is 0 Å². The normalized spacial score (nSPS) is 23.9. The number of nitrogens with zero attached hydrogens (tertiary/aromatic N) is 5. The topological polar surface area (TPSA) is 166 Å². The lowest BCUT2D eigenvalue weighted by Crippen LogP contribution is -2.68. The van der Waals surface area contributed by atoms with Crippen molar-refractivity contribution in [3.8, 4) is 5.75 Å². The number of benzene rings is 1. The van der Waals surface area contributed by atoms with Crippen LogP contribution in [-0.2, 0) is 25.9 Å². The Morgan fingerprint density at radius 2 is 1.94 bits per heavy atom. The summed E-state index contributed by atoms with van der Waals surface area (Å²) in [5.41, 5.74) is 5.91. The van der Waals surface area contributed by atoms with Crippen LogP contribution in [0, 0.1) is 5.41 Å². The number of fused-ring (bicyclic) bond motifs is 1. The number of rotatable bonds is 6. The number of thioether (sulfide) groups is 1. The number of esters is 1. The van der Waals surface area contributed by atoms with Gasteiger partial charge in [-0.05, 0) is 62.7 Å². The van der Waals surface area contributed by atoms with E-state index in [0.29, 0.717) is 11.4 Å². The zero-order valence-corrected chi connectivity index (χ0v) is 20.9. The molecule has 0 spiro atoms. The second kappa shape index (κ2) is 8.79. The number of tetrazole rings is 1. The molecule has 188 valence electrons. The number of phenolic OH excluding ortho intramolecular Hbond substituents is 1. The first kappa shape index (κ1) is 24.9. The first-order valence-electron chi connectivity index (χ1n) is 11.1. The molecule has 0 radical (unpaired) electrons. The van der Waals surface area contributed by atoms with Crippen molar-refractivity contribution in [3.63, 3.8) is 0 Å². The van der Waals surface area contributed by atoms with E-state index in [9.17, 15) is 19.5 Å². The largest absolute Gasteiger partial charge is 0.508 e. The fraction of sp³-hybridized carbons (Fsp3) is 0.545. The number of aromatic nitrogens is 4. The predicted octanol–water partition coefficient (Wildman–Crippen LogP) is 0.845. The van der Waals surface area contributed by atoms with Crippen LogP contribution in [0.15, 0.2) is 24.3 Å². The van der Waals surface area contributed by atoms with Gasteiger partial charge in [-0.2, -0.15) is 4.68 Å². The molecule has 2 aliphatic rings. The maximum atomic E-state index is 13.1.